The molecule has 1 aliphatic rings. The normalized spacial score (nSPS) is 13.1. The van der Waals surface area contributed by atoms with Crippen molar-refractivity contribution in [1.29, 1.82) is 0 Å². The molecule has 4 nitrogen and oxygen atoms in total. The van der Waals surface area contributed by atoms with E-state index >= 15 is 0 Å². The Morgan fingerprint density at radius 2 is 2.00 bits per heavy atom. The third-order valence-corrected chi connectivity index (χ3v) is 3.34. The zero-order valence-corrected chi connectivity index (χ0v) is 13.2. The first-order chi connectivity index (χ1) is 9.33. The van der Waals surface area contributed by atoms with Crippen LogP contribution in [-0.4, -0.2) is 24.0 Å². The van der Waals surface area contributed by atoms with E-state index < -0.39 is 0 Å². The molecular weight excluding hydrogens is 309 g/mol. The summed E-state index contributed by atoms with van der Waals surface area (Å²) in [5.74, 6) is 0.784. The van der Waals surface area contributed by atoms with Gasteiger partial charge in [0.25, 0.3) is 0 Å². The number of amides is 1. The molecule has 21 heavy (non-hydrogen) atoms. The molecule has 0 radical (unpaired) electrons. The van der Waals surface area contributed by atoms with Crippen molar-refractivity contribution in [3.05, 3.63) is 36.5 Å². The van der Waals surface area contributed by atoms with Crippen molar-refractivity contribution in [2.24, 2.45) is 5.92 Å². The van der Waals surface area contributed by atoms with Crippen LogP contribution in [0.2, 0.25) is 0 Å². The summed E-state index contributed by atoms with van der Waals surface area (Å²) < 4.78 is 0. The summed E-state index contributed by atoms with van der Waals surface area (Å²) >= 11 is 0. The molecule has 2 N–H and O–H groups in total. The van der Waals surface area contributed by atoms with E-state index in [4.69, 9.17) is 0 Å². The molecule has 0 atom stereocenters. The number of fused-ring (bicyclic) bond motifs is 1. The summed E-state index contributed by atoms with van der Waals surface area (Å²) in [4.78, 5) is 16.1. The van der Waals surface area contributed by atoms with Crippen molar-refractivity contribution in [2.45, 2.75) is 12.8 Å². The maximum atomic E-state index is 11.9. The van der Waals surface area contributed by atoms with Gasteiger partial charge in [0.2, 0.25) is 5.91 Å². The minimum absolute atomic E-state index is 0. The second-order valence-corrected chi connectivity index (χ2v) is 5.00. The van der Waals surface area contributed by atoms with Gasteiger partial charge in [-0.1, -0.05) is 6.07 Å². The number of halogens is 2. The molecule has 114 valence electrons. The van der Waals surface area contributed by atoms with Gasteiger partial charge in [-0.25, -0.2) is 0 Å². The van der Waals surface area contributed by atoms with Gasteiger partial charge in [0.05, 0.1) is 17.7 Å². The van der Waals surface area contributed by atoms with Gasteiger partial charge < -0.3 is 10.6 Å². The van der Waals surface area contributed by atoms with Gasteiger partial charge in [-0.15, -0.1) is 24.8 Å². The van der Waals surface area contributed by atoms with E-state index in [1.54, 1.807) is 6.20 Å². The van der Waals surface area contributed by atoms with Gasteiger partial charge in [0.15, 0.2) is 0 Å². The van der Waals surface area contributed by atoms with Gasteiger partial charge in [-0.05, 0) is 49.6 Å². The smallest absolute Gasteiger partial charge is 0.238 e. The van der Waals surface area contributed by atoms with Crippen LogP contribution in [0.3, 0.4) is 0 Å². The first-order valence-corrected chi connectivity index (χ1v) is 6.67. The first kappa shape index (κ1) is 17.7. The van der Waals surface area contributed by atoms with E-state index in [1.165, 1.54) is 12.8 Å². The lowest BCUT2D eigenvalue weighted by Crippen LogP contribution is -2.29. The van der Waals surface area contributed by atoms with Crippen molar-refractivity contribution < 1.29 is 4.79 Å². The van der Waals surface area contributed by atoms with Crippen LogP contribution < -0.4 is 10.6 Å². The Balaban J connectivity index is 0.00000110. The Kier molecular flexibility index (Phi) is 6.89. The second kappa shape index (κ2) is 8.17. The van der Waals surface area contributed by atoms with Gasteiger partial charge in [0, 0.05) is 11.6 Å². The maximum Gasteiger partial charge on any atom is 0.238 e. The number of carbonyl (C=O) groups is 1. The molecule has 1 heterocycles. The number of aromatic nitrogens is 1. The predicted molar refractivity (Wildman–Crippen MR) is 90.5 cm³/mol. The van der Waals surface area contributed by atoms with Crippen molar-refractivity contribution in [1.82, 2.24) is 10.3 Å². The number of hydrogen-bond acceptors (Lipinski definition) is 3. The molecule has 1 saturated carbocycles. The van der Waals surface area contributed by atoms with Crippen LogP contribution in [0.5, 0.6) is 0 Å². The molecule has 0 spiro atoms. The number of rotatable bonds is 5. The van der Waals surface area contributed by atoms with E-state index in [9.17, 15) is 4.79 Å². The number of hydrogen-bond donors (Lipinski definition) is 2. The lowest BCUT2D eigenvalue weighted by Gasteiger charge is -2.08. The van der Waals surface area contributed by atoms with Crippen LogP contribution in [-0.2, 0) is 4.79 Å². The highest BCUT2D eigenvalue weighted by atomic mass is 35.5. The third kappa shape index (κ3) is 4.84. The zero-order chi connectivity index (χ0) is 13.1. The standard InChI is InChI=1S/C15H17N3O.2ClH/c19-15(10-16-9-11-6-7-11)18-14-5-1-4-13-12(14)3-2-8-17-13;;/h1-5,8,11,16H,6-7,9-10H2,(H,18,19);2*1H. The highest BCUT2D eigenvalue weighted by Crippen LogP contribution is 2.27. The molecule has 1 aromatic heterocycles. The fraction of sp³-hybridized carbons (Fsp3) is 0.333. The molecule has 3 rings (SSSR count). The average Bonchev–Trinajstić information content (AvgIpc) is 3.23. The highest BCUT2D eigenvalue weighted by molar-refractivity contribution is 6.01. The van der Waals surface area contributed by atoms with E-state index in [1.807, 2.05) is 30.3 Å². The molecule has 1 aliphatic carbocycles. The fourth-order valence-electron chi connectivity index (χ4n) is 2.12. The fourth-order valence-corrected chi connectivity index (χ4v) is 2.12. The Morgan fingerprint density at radius 1 is 1.19 bits per heavy atom. The predicted octanol–water partition coefficient (Wildman–Crippen LogP) is 3.02. The molecule has 6 heteroatoms. The quantitative estimate of drug-likeness (QED) is 0.887. The monoisotopic (exact) mass is 327 g/mol. The van der Waals surface area contributed by atoms with Crippen LogP contribution in [0.25, 0.3) is 10.9 Å². The van der Waals surface area contributed by atoms with Crippen LogP contribution in [0, 0.1) is 5.92 Å². The lowest BCUT2D eigenvalue weighted by molar-refractivity contribution is -0.115. The minimum Gasteiger partial charge on any atom is -0.324 e. The summed E-state index contributed by atoms with van der Waals surface area (Å²) in [7, 11) is 0. The summed E-state index contributed by atoms with van der Waals surface area (Å²) in [6.07, 6.45) is 4.35. The van der Waals surface area contributed by atoms with Gasteiger partial charge in [-0.2, -0.15) is 0 Å². The maximum absolute atomic E-state index is 11.9. The van der Waals surface area contributed by atoms with Crippen molar-refractivity contribution in [3.8, 4) is 0 Å². The number of pyridine rings is 1. The largest absolute Gasteiger partial charge is 0.324 e. The van der Waals surface area contributed by atoms with E-state index in [0.29, 0.717) is 6.54 Å². The Bertz CT molecular complexity index is 597. The zero-order valence-electron chi connectivity index (χ0n) is 11.5. The van der Waals surface area contributed by atoms with E-state index in [-0.39, 0.29) is 30.7 Å². The minimum atomic E-state index is -0.00277. The van der Waals surface area contributed by atoms with E-state index in [0.717, 1.165) is 29.1 Å². The van der Waals surface area contributed by atoms with Crippen molar-refractivity contribution in [2.75, 3.05) is 18.4 Å². The summed E-state index contributed by atoms with van der Waals surface area (Å²) in [5.41, 5.74) is 1.72. The highest BCUT2D eigenvalue weighted by Gasteiger charge is 2.20. The van der Waals surface area contributed by atoms with Crippen LogP contribution in [0.15, 0.2) is 36.5 Å². The van der Waals surface area contributed by atoms with Crippen LogP contribution in [0.1, 0.15) is 12.8 Å². The van der Waals surface area contributed by atoms with Gasteiger partial charge in [0.1, 0.15) is 0 Å². The molecule has 1 amide bonds. The Labute approximate surface area is 136 Å². The Hall–Kier alpha value is -1.36. The van der Waals surface area contributed by atoms with Gasteiger partial charge >= 0.3 is 0 Å². The first-order valence-electron chi connectivity index (χ1n) is 6.67. The number of nitrogens with zero attached hydrogens (tertiary/aromatic N) is 1. The number of carbonyl (C=O) groups excluding carboxylic acids is 1. The molecule has 1 aromatic carbocycles. The van der Waals surface area contributed by atoms with E-state index in [2.05, 4.69) is 15.6 Å². The molecule has 0 bridgehead atoms. The summed E-state index contributed by atoms with van der Waals surface area (Å²) in [6.45, 7) is 1.32. The average molecular weight is 328 g/mol. The molecule has 0 unspecified atom stereocenters. The second-order valence-electron chi connectivity index (χ2n) is 5.00. The van der Waals surface area contributed by atoms with Crippen molar-refractivity contribution in [3.63, 3.8) is 0 Å². The third-order valence-electron chi connectivity index (χ3n) is 3.34. The molecule has 0 saturated heterocycles. The van der Waals surface area contributed by atoms with Crippen LogP contribution >= 0.6 is 24.8 Å². The summed E-state index contributed by atoms with van der Waals surface area (Å²) in [6, 6.07) is 9.60. The number of nitrogens with one attached hydrogen (secondary N) is 2. The molecule has 0 aliphatic heterocycles. The number of anilines is 1. The lowest BCUT2D eigenvalue weighted by atomic mass is 10.2. The SMILES string of the molecule is Cl.Cl.O=C(CNCC1CC1)Nc1cccc2ncccc12. The number of benzene rings is 1. The Morgan fingerprint density at radius 3 is 2.76 bits per heavy atom. The van der Waals surface area contributed by atoms with Crippen molar-refractivity contribution >= 4 is 47.3 Å². The molecular formula is C15H19Cl2N3O. The molecule has 1 fully saturated rings. The molecule has 2 aromatic rings. The summed E-state index contributed by atoms with van der Waals surface area (Å²) in [5, 5.41) is 7.10. The van der Waals surface area contributed by atoms with Gasteiger partial charge in [-0.3, -0.25) is 9.78 Å². The van der Waals surface area contributed by atoms with Crippen LogP contribution in [0.4, 0.5) is 5.69 Å². The topological polar surface area (TPSA) is 54.0 Å².